The predicted octanol–water partition coefficient (Wildman–Crippen LogP) is 2.57. The number of anilines is 1. The van der Waals surface area contributed by atoms with Crippen LogP contribution in [0.1, 0.15) is 79.8 Å². The van der Waals surface area contributed by atoms with E-state index in [0.717, 1.165) is 95.9 Å². The van der Waals surface area contributed by atoms with E-state index in [1.807, 2.05) is 0 Å². The molecule has 2 N–H and O–H groups in total. The molecular formula is C27H41N5O3. The fourth-order valence-corrected chi connectivity index (χ4v) is 8.06. The summed E-state index contributed by atoms with van der Waals surface area (Å²) in [6, 6.07) is 0.176. The summed E-state index contributed by atoms with van der Waals surface area (Å²) < 4.78 is 5.22. The van der Waals surface area contributed by atoms with Crippen molar-refractivity contribution in [1.29, 1.82) is 0 Å². The number of ether oxygens (including phenoxy) is 1. The summed E-state index contributed by atoms with van der Waals surface area (Å²) in [7, 11) is 1.75. The highest BCUT2D eigenvalue weighted by atomic mass is 16.5. The number of amides is 1. The van der Waals surface area contributed by atoms with Crippen molar-refractivity contribution < 1.29 is 14.6 Å². The van der Waals surface area contributed by atoms with Gasteiger partial charge in [0.15, 0.2) is 0 Å². The van der Waals surface area contributed by atoms with Crippen LogP contribution in [-0.2, 0) is 4.74 Å². The summed E-state index contributed by atoms with van der Waals surface area (Å²) in [4.78, 5) is 28.1. The van der Waals surface area contributed by atoms with E-state index in [4.69, 9.17) is 14.7 Å². The molecule has 1 aromatic rings. The number of hydrogen-bond acceptors (Lipinski definition) is 7. The maximum atomic E-state index is 13.6. The van der Waals surface area contributed by atoms with Gasteiger partial charge in [0.25, 0.3) is 5.91 Å². The van der Waals surface area contributed by atoms with Crippen molar-refractivity contribution in [1.82, 2.24) is 20.2 Å². The molecule has 8 nitrogen and oxygen atoms in total. The summed E-state index contributed by atoms with van der Waals surface area (Å²) in [5, 5.41) is 14.3. The molecule has 1 aliphatic heterocycles. The van der Waals surface area contributed by atoms with Gasteiger partial charge in [-0.3, -0.25) is 9.69 Å². The number of aliphatic hydroxyl groups is 1. The molecule has 1 saturated heterocycles. The van der Waals surface area contributed by atoms with Gasteiger partial charge < -0.3 is 20.1 Å². The maximum Gasteiger partial charge on any atom is 0.254 e. The van der Waals surface area contributed by atoms with Gasteiger partial charge in [-0.15, -0.1) is 0 Å². The second kappa shape index (κ2) is 9.60. The molecule has 0 aromatic carbocycles. The Morgan fingerprint density at radius 2 is 1.86 bits per heavy atom. The largest absolute Gasteiger partial charge is 0.390 e. The van der Waals surface area contributed by atoms with Gasteiger partial charge in [0.05, 0.1) is 23.5 Å². The van der Waals surface area contributed by atoms with Gasteiger partial charge in [0.1, 0.15) is 0 Å². The first kappa shape index (κ1) is 23.6. The number of piperazine rings is 1. The average molecular weight is 484 g/mol. The van der Waals surface area contributed by atoms with E-state index in [2.05, 4.69) is 15.1 Å². The molecule has 6 fully saturated rings. The Balaban J connectivity index is 1.18. The van der Waals surface area contributed by atoms with Crippen LogP contribution in [0.4, 0.5) is 5.95 Å². The number of nitrogens with one attached hydrogen (secondary N) is 1. The minimum Gasteiger partial charge on any atom is -0.390 e. The van der Waals surface area contributed by atoms with Gasteiger partial charge in [-0.05, 0) is 62.7 Å². The van der Waals surface area contributed by atoms with E-state index in [1.54, 1.807) is 13.3 Å². The van der Waals surface area contributed by atoms with Crippen LogP contribution in [-0.4, -0.2) is 84.0 Å². The van der Waals surface area contributed by atoms with E-state index in [9.17, 15) is 9.90 Å². The fraction of sp³-hybridized carbons (Fsp3) is 0.815. The Morgan fingerprint density at radius 3 is 2.51 bits per heavy atom. The third kappa shape index (κ3) is 4.69. The zero-order valence-electron chi connectivity index (χ0n) is 21.1. The van der Waals surface area contributed by atoms with Gasteiger partial charge in [-0.2, -0.15) is 0 Å². The monoisotopic (exact) mass is 483 g/mol. The highest BCUT2D eigenvalue weighted by Crippen LogP contribution is 2.55. The molecule has 6 aliphatic rings. The van der Waals surface area contributed by atoms with E-state index >= 15 is 0 Å². The molecule has 0 spiro atoms. The normalized spacial score (nSPS) is 35.1. The van der Waals surface area contributed by atoms with Gasteiger partial charge >= 0.3 is 0 Å². The van der Waals surface area contributed by atoms with E-state index in [1.165, 1.54) is 12.8 Å². The van der Waals surface area contributed by atoms with Gasteiger partial charge in [0, 0.05) is 58.0 Å². The quantitative estimate of drug-likeness (QED) is 0.616. The number of nitrogens with zero attached hydrogens (tertiary/aromatic N) is 4. The first-order chi connectivity index (χ1) is 17.0. The summed E-state index contributed by atoms with van der Waals surface area (Å²) in [6.07, 6.45) is 11.3. The first-order valence-corrected chi connectivity index (χ1v) is 13.9. The summed E-state index contributed by atoms with van der Waals surface area (Å²) in [5.74, 6) is 2.55. The molecule has 35 heavy (non-hydrogen) atoms. The Labute approximate surface area is 208 Å². The molecule has 8 heteroatoms. The molecule has 2 atom stereocenters. The van der Waals surface area contributed by atoms with Crippen molar-refractivity contribution in [2.45, 2.75) is 75.3 Å². The van der Waals surface area contributed by atoms with Crippen LogP contribution in [0.2, 0.25) is 0 Å². The third-order valence-corrected chi connectivity index (χ3v) is 9.60. The van der Waals surface area contributed by atoms with Crippen molar-refractivity contribution in [2.24, 2.45) is 17.8 Å². The second-order valence-corrected chi connectivity index (χ2v) is 12.0. The Hall–Kier alpha value is -1.77. The van der Waals surface area contributed by atoms with Crippen LogP contribution in [0.3, 0.4) is 0 Å². The molecule has 7 rings (SSSR count). The number of carbonyl (C=O) groups is 1. The lowest BCUT2D eigenvalue weighted by molar-refractivity contribution is -0.136. The molecule has 2 unspecified atom stereocenters. The summed E-state index contributed by atoms with van der Waals surface area (Å²) in [5.41, 5.74) is 1.14. The van der Waals surface area contributed by atoms with Crippen LogP contribution in [0.25, 0.3) is 0 Å². The lowest BCUT2D eigenvalue weighted by Crippen LogP contribution is -2.61. The van der Waals surface area contributed by atoms with Crippen LogP contribution >= 0.6 is 0 Å². The predicted molar refractivity (Wildman–Crippen MR) is 134 cm³/mol. The molecule has 2 heterocycles. The van der Waals surface area contributed by atoms with Crippen molar-refractivity contribution in [3.05, 3.63) is 17.5 Å². The van der Waals surface area contributed by atoms with E-state index in [-0.39, 0.29) is 11.9 Å². The first-order valence-electron chi connectivity index (χ1n) is 13.9. The fourth-order valence-electron chi connectivity index (χ4n) is 8.06. The second-order valence-electron chi connectivity index (χ2n) is 12.0. The molecule has 0 radical (unpaired) electrons. The third-order valence-electron chi connectivity index (χ3n) is 9.60. The highest BCUT2D eigenvalue weighted by Gasteiger charge is 2.55. The maximum absolute atomic E-state index is 13.6. The van der Waals surface area contributed by atoms with Crippen molar-refractivity contribution in [3.63, 3.8) is 0 Å². The van der Waals surface area contributed by atoms with Gasteiger partial charge in [0.2, 0.25) is 5.95 Å². The molecule has 5 aliphatic carbocycles. The van der Waals surface area contributed by atoms with Crippen LogP contribution in [0, 0.1) is 17.8 Å². The van der Waals surface area contributed by atoms with Crippen LogP contribution < -0.4 is 10.2 Å². The lowest BCUT2D eigenvalue weighted by Gasteiger charge is -2.58. The summed E-state index contributed by atoms with van der Waals surface area (Å²) in [6.45, 7) is 5.47. The van der Waals surface area contributed by atoms with Crippen LogP contribution in [0.15, 0.2) is 6.20 Å². The SMILES string of the molecule is COCCN1CCN(c2ncc(C(=O)NC3C4CC5CC3CC(O)(C5)C4)c(C3CCCC3)n2)CC1. The minimum absolute atomic E-state index is 0.00713. The molecule has 4 bridgehead atoms. The number of rotatable bonds is 7. The number of carbonyl (C=O) groups excluding carboxylic acids is 1. The minimum atomic E-state index is -0.481. The van der Waals surface area contributed by atoms with Crippen molar-refractivity contribution in [2.75, 3.05) is 51.3 Å². The lowest BCUT2D eigenvalue weighted by atomic mass is 9.52. The number of methoxy groups -OCH3 is 1. The smallest absolute Gasteiger partial charge is 0.254 e. The van der Waals surface area contributed by atoms with Crippen molar-refractivity contribution in [3.8, 4) is 0 Å². The summed E-state index contributed by atoms with van der Waals surface area (Å²) >= 11 is 0. The van der Waals surface area contributed by atoms with Gasteiger partial charge in [-0.1, -0.05) is 12.8 Å². The van der Waals surface area contributed by atoms with E-state index in [0.29, 0.717) is 29.2 Å². The Bertz CT molecular complexity index is 911. The Morgan fingerprint density at radius 1 is 1.14 bits per heavy atom. The van der Waals surface area contributed by atoms with Crippen molar-refractivity contribution >= 4 is 11.9 Å². The molecule has 1 amide bonds. The molecule has 1 aromatic heterocycles. The molecular weight excluding hydrogens is 442 g/mol. The van der Waals surface area contributed by atoms with Gasteiger partial charge in [-0.25, -0.2) is 9.97 Å². The van der Waals surface area contributed by atoms with E-state index < -0.39 is 5.60 Å². The topological polar surface area (TPSA) is 90.8 Å². The zero-order valence-corrected chi connectivity index (χ0v) is 21.1. The zero-order chi connectivity index (χ0) is 24.0. The number of aromatic nitrogens is 2. The number of hydrogen-bond donors (Lipinski definition) is 2. The Kier molecular flexibility index (Phi) is 6.48. The molecule has 5 saturated carbocycles. The van der Waals surface area contributed by atoms with Crippen LogP contribution in [0.5, 0.6) is 0 Å². The highest BCUT2D eigenvalue weighted by molar-refractivity contribution is 5.95. The standard InChI is InChI=1S/C27H41N5O3/c1-35-11-10-31-6-8-32(9-7-31)26-28-17-22(24(30-26)19-4-2-3-5-19)25(33)29-23-20-12-18-13-21(23)16-27(34,14-18)15-20/h17-21,23,34H,2-16H2,1H3,(H,29,33). The average Bonchev–Trinajstić information content (AvgIpc) is 3.39. The molecule has 192 valence electrons.